The van der Waals surface area contributed by atoms with Crippen molar-refractivity contribution in [1.82, 2.24) is 9.78 Å². The lowest BCUT2D eigenvalue weighted by atomic mass is 10.1. The van der Waals surface area contributed by atoms with Crippen LogP contribution in [0.25, 0.3) is 5.57 Å². The number of hydrogen-bond acceptors (Lipinski definition) is 7. The van der Waals surface area contributed by atoms with Crippen molar-refractivity contribution >= 4 is 35.8 Å². The molecule has 1 amide bonds. The highest BCUT2D eigenvalue weighted by Crippen LogP contribution is 2.27. The lowest BCUT2D eigenvalue weighted by Gasteiger charge is -2.20. The molecule has 1 aromatic carbocycles. The Kier molecular flexibility index (Phi) is 9.06. The number of rotatable bonds is 9. The Morgan fingerprint density at radius 1 is 1.17 bits per heavy atom. The molecule has 0 saturated heterocycles. The van der Waals surface area contributed by atoms with E-state index in [1.54, 1.807) is 20.8 Å². The maximum atomic E-state index is 13.4. The third-order valence-electron chi connectivity index (χ3n) is 4.55. The molecule has 1 aromatic heterocycles. The van der Waals surface area contributed by atoms with Gasteiger partial charge in [-0.05, 0) is 51.0 Å². The van der Waals surface area contributed by atoms with Gasteiger partial charge >= 0.3 is 6.09 Å². The van der Waals surface area contributed by atoms with Crippen LogP contribution in [0.2, 0.25) is 0 Å². The van der Waals surface area contributed by atoms with E-state index in [1.807, 2.05) is 0 Å². The minimum absolute atomic E-state index is 0.0461. The number of carbonyl (C=O) groups excluding carboxylic acids is 2. The summed E-state index contributed by atoms with van der Waals surface area (Å²) in [5.41, 5.74) is -0.477. The SMILES string of the molecule is CC(C)(C)OC(=O)n1nc(NC(=O)CCc2cc(F)c(F)c(F)c2)c(CCO)c1/C(C=N)=C/C=N. The van der Waals surface area contributed by atoms with Crippen LogP contribution in [0.5, 0.6) is 0 Å². The quantitative estimate of drug-likeness (QED) is 0.310. The average molecular weight is 493 g/mol. The second kappa shape index (κ2) is 11.6. The summed E-state index contributed by atoms with van der Waals surface area (Å²) in [6.45, 7) is 4.52. The van der Waals surface area contributed by atoms with Crippen molar-refractivity contribution in [1.29, 1.82) is 10.8 Å². The van der Waals surface area contributed by atoms with Gasteiger partial charge < -0.3 is 26.0 Å². The number of aliphatic hydroxyl groups is 1. The summed E-state index contributed by atoms with van der Waals surface area (Å²) < 4.78 is 46.2. The van der Waals surface area contributed by atoms with Crippen LogP contribution in [0.1, 0.15) is 44.0 Å². The molecule has 0 bridgehead atoms. The Bertz CT molecular complexity index is 1150. The van der Waals surface area contributed by atoms with E-state index in [1.165, 1.54) is 6.08 Å². The number of hydrogen-bond donors (Lipinski definition) is 4. The molecule has 9 nitrogen and oxygen atoms in total. The number of amides is 1. The number of anilines is 1. The largest absolute Gasteiger partial charge is 0.442 e. The maximum absolute atomic E-state index is 13.4. The molecule has 0 aliphatic carbocycles. The fraction of sp³-hybridized carbons (Fsp3) is 0.348. The first-order valence-corrected chi connectivity index (χ1v) is 10.5. The average Bonchev–Trinajstić information content (AvgIpc) is 3.11. The molecular weight excluding hydrogens is 467 g/mol. The van der Waals surface area contributed by atoms with Crippen molar-refractivity contribution in [3.05, 3.63) is 52.5 Å². The Labute approximate surface area is 199 Å². The summed E-state index contributed by atoms with van der Waals surface area (Å²) in [6.07, 6.45) is 1.66. The predicted molar refractivity (Wildman–Crippen MR) is 123 cm³/mol. The molecule has 0 saturated carbocycles. The van der Waals surface area contributed by atoms with Crippen molar-refractivity contribution in [3.8, 4) is 0 Å². The summed E-state index contributed by atoms with van der Waals surface area (Å²) in [5.74, 6) is -5.08. The third kappa shape index (κ3) is 7.09. The first-order valence-electron chi connectivity index (χ1n) is 10.5. The predicted octanol–water partition coefficient (Wildman–Crippen LogP) is 3.87. The highest BCUT2D eigenvalue weighted by molar-refractivity contribution is 6.13. The molecule has 0 atom stereocenters. The number of allylic oxidation sites excluding steroid dienone is 2. The summed E-state index contributed by atoms with van der Waals surface area (Å²) >= 11 is 0. The van der Waals surface area contributed by atoms with Crippen molar-refractivity contribution in [2.24, 2.45) is 0 Å². The van der Waals surface area contributed by atoms with Crippen LogP contribution in [0, 0.1) is 28.3 Å². The first-order chi connectivity index (χ1) is 16.4. The van der Waals surface area contributed by atoms with Crippen LogP contribution in [0.15, 0.2) is 18.2 Å². The maximum Gasteiger partial charge on any atom is 0.435 e. The molecule has 188 valence electrons. The molecule has 35 heavy (non-hydrogen) atoms. The van der Waals surface area contributed by atoms with Crippen LogP contribution in [-0.4, -0.2) is 51.5 Å². The molecule has 12 heteroatoms. The fourth-order valence-electron chi connectivity index (χ4n) is 3.12. The van der Waals surface area contributed by atoms with E-state index in [9.17, 15) is 27.9 Å². The van der Waals surface area contributed by atoms with Gasteiger partial charge in [0.2, 0.25) is 5.91 Å². The third-order valence-corrected chi connectivity index (χ3v) is 4.55. The molecule has 2 aromatic rings. The highest BCUT2D eigenvalue weighted by atomic mass is 19.2. The van der Waals surface area contributed by atoms with Gasteiger partial charge in [-0.25, -0.2) is 18.0 Å². The van der Waals surface area contributed by atoms with Gasteiger partial charge in [-0.15, -0.1) is 5.10 Å². The molecule has 2 rings (SSSR count). The van der Waals surface area contributed by atoms with Crippen LogP contribution < -0.4 is 5.32 Å². The first kappa shape index (κ1) is 27.4. The molecule has 0 spiro atoms. The zero-order chi connectivity index (χ0) is 26.3. The van der Waals surface area contributed by atoms with Gasteiger partial charge in [0.25, 0.3) is 0 Å². The van der Waals surface area contributed by atoms with E-state index in [0.29, 0.717) is 0 Å². The highest BCUT2D eigenvalue weighted by Gasteiger charge is 2.28. The Morgan fingerprint density at radius 2 is 1.80 bits per heavy atom. The molecule has 1 heterocycles. The van der Waals surface area contributed by atoms with Crippen molar-refractivity contribution in [2.45, 2.75) is 45.6 Å². The zero-order valence-electron chi connectivity index (χ0n) is 19.4. The van der Waals surface area contributed by atoms with E-state index in [2.05, 4.69) is 10.4 Å². The molecular formula is C23H26F3N5O4. The topological polar surface area (TPSA) is 141 Å². The molecule has 0 aliphatic heterocycles. The number of aromatic nitrogens is 2. The Balaban J connectivity index is 2.42. The standard InChI is InChI=1S/C23H26F3N5O4/c1-23(2,3)35-22(34)31-20(14(12-28)6-8-27)15(7-9-32)21(30-31)29-18(33)5-4-13-10-16(24)19(26)17(25)11-13/h6,8,10-12,27-28,32H,4-5,7,9H2,1-3H3,(H,29,30,33)/b14-6+,27-8?,28-12?. The minimum Gasteiger partial charge on any atom is -0.442 e. The van der Waals surface area contributed by atoms with Gasteiger partial charge in [-0.1, -0.05) is 0 Å². The summed E-state index contributed by atoms with van der Waals surface area (Å²) in [5, 5.41) is 31.2. The smallest absolute Gasteiger partial charge is 0.435 e. The molecule has 0 fully saturated rings. The fourth-order valence-corrected chi connectivity index (χ4v) is 3.12. The van der Waals surface area contributed by atoms with E-state index in [-0.39, 0.29) is 54.1 Å². The van der Waals surface area contributed by atoms with Gasteiger partial charge in [0.15, 0.2) is 23.3 Å². The Hall–Kier alpha value is -3.80. The number of halogens is 3. The molecule has 0 aliphatic rings. The molecule has 0 unspecified atom stereocenters. The van der Waals surface area contributed by atoms with Gasteiger partial charge in [0.05, 0.1) is 5.69 Å². The number of benzene rings is 1. The van der Waals surface area contributed by atoms with E-state index in [0.717, 1.165) is 29.2 Å². The normalized spacial score (nSPS) is 11.8. The van der Waals surface area contributed by atoms with Crippen molar-refractivity contribution < 1.29 is 32.6 Å². The number of aryl methyl sites for hydroxylation is 1. The second-order valence-corrected chi connectivity index (χ2v) is 8.40. The summed E-state index contributed by atoms with van der Waals surface area (Å²) in [4.78, 5) is 25.4. The van der Waals surface area contributed by atoms with Gasteiger partial charge in [-0.3, -0.25) is 4.79 Å². The van der Waals surface area contributed by atoms with E-state index >= 15 is 0 Å². The van der Waals surface area contributed by atoms with E-state index < -0.39 is 35.1 Å². The second-order valence-electron chi connectivity index (χ2n) is 8.40. The number of nitrogens with one attached hydrogen (secondary N) is 3. The van der Waals surface area contributed by atoms with Crippen molar-refractivity contribution in [2.75, 3.05) is 11.9 Å². The van der Waals surface area contributed by atoms with Crippen LogP contribution >= 0.6 is 0 Å². The van der Waals surface area contributed by atoms with Crippen molar-refractivity contribution in [3.63, 3.8) is 0 Å². The van der Waals surface area contributed by atoms with Crippen LogP contribution in [0.3, 0.4) is 0 Å². The molecule has 0 radical (unpaired) electrons. The lowest BCUT2D eigenvalue weighted by molar-refractivity contribution is -0.116. The van der Waals surface area contributed by atoms with E-state index in [4.69, 9.17) is 15.6 Å². The lowest BCUT2D eigenvalue weighted by Crippen LogP contribution is -2.29. The number of nitrogens with zero attached hydrogens (tertiary/aromatic N) is 2. The monoisotopic (exact) mass is 493 g/mol. The number of aliphatic hydroxyl groups excluding tert-OH is 1. The summed E-state index contributed by atoms with van der Waals surface area (Å²) in [6, 6.07) is 1.58. The number of carbonyl (C=O) groups is 2. The molecule has 4 N–H and O–H groups in total. The summed E-state index contributed by atoms with van der Waals surface area (Å²) in [7, 11) is 0. The van der Waals surface area contributed by atoms with Crippen LogP contribution in [-0.2, 0) is 22.4 Å². The van der Waals surface area contributed by atoms with Crippen LogP contribution in [0.4, 0.5) is 23.8 Å². The van der Waals surface area contributed by atoms with Gasteiger partial charge in [-0.2, -0.15) is 4.68 Å². The number of ether oxygens (including phenoxy) is 1. The van der Waals surface area contributed by atoms with Gasteiger partial charge in [0.1, 0.15) is 5.60 Å². The Morgan fingerprint density at radius 3 is 2.31 bits per heavy atom. The minimum atomic E-state index is -1.60. The zero-order valence-corrected chi connectivity index (χ0v) is 19.4. The van der Waals surface area contributed by atoms with Gasteiger partial charge in [0, 0.05) is 43.0 Å².